The van der Waals surface area contributed by atoms with E-state index in [1.165, 1.54) is 12.4 Å². The zero-order valence-electron chi connectivity index (χ0n) is 17.0. The lowest BCUT2D eigenvalue weighted by atomic mass is 10.1. The molecular formula is C25H19N4O3+. The molecule has 1 saturated carbocycles. The minimum atomic E-state index is -0.366. The third-order valence-corrected chi connectivity index (χ3v) is 5.18. The molecule has 5 rings (SSSR count). The number of nitrogens with zero attached hydrogens (tertiary/aromatic N) is 3. The molecule has 7 nitrogen and oxygen atoms in total. The van der Waals surface area contributed by atoms with Gasteiger partial charge in [-0.25, -0.2) is 4.98 Å². The second-order valence-corrected chi connectivity index (χ2v) is 7.64. The number of hydrogen-bond donors (Lipinski definition) is 2. The number of carbonyl (C=O) groups excluding carboxylic acids is 1. The van der Waals surface area contributed by atoms with Crippen LogP contribution in [-0.4, -0.2) is 26.7 Å². The summed E-state index contributed by atoms with van der Waals surface area (Å²) in [7, 11) is 0. The number of aromatic nitrogens is 3. The number of carbonyl (C=O) groups is 1. The van der Waals surface area contributed by atoms with Crippen molar-refractivity contribution in [2.45, 2.75) is 18.9 Å². The number of nitrogens with one attached hydrogen (secondary N) is 1. The van der Waals surface area contributed by atoms with Gasteiger partial charge >= 0.3 is 0 Å². The van der Waals surface area contributed by atoms with E-state index in [9.17, 15) is 14.8 Å². The SMILES string of the molecule is O=C(NC1CC1)c1cn(-c2cccc(C#Cc3ccc[n+](O)c3)c2)c2ncccc2c1=O. The van der Waals surface area contributed by atoms with E-state index >= 15 is 0 Å². The van der Waals surface area contributed by atoms with E-state index in [0.29, 0.717) is 16.6 Å². The molecule has 0 atom stereocenters. The van der Waals surface area contributed by atoms with Crippen LogP contribution in [0.1, 0.15) is 34.3 Å². The molecule has 1 aliphatic carbocycles. The van der Waals surface area contributed by atoms with Crippen LogP contribution in [0.2, 0.25) is 0 Å². The first-order valence-electron chi connectivity index (χ1n) is 10.2. The molecule has 0 unspecified atom stereocenters. The number of hydrogen-bond acceptors (Lipinski definition) is 4. The van der Waals surface area contributed by atoms with Crippen LogP contribution in [0.3, 0.4) is 0 Å². The van der Waals surface area contributed by atoms with Crippen molar-refractivity contribution >= 4 is 16.9 Å². The maximum absolute atomic E-state index is 13.0. The third-order valence-electron chi connectivity index (χ3n) is 5.18. The minimum absolute atomic E-state index is 0.0886. The molecule has 2 N–H and O–H groups in total. The van der Waals surface area contributed by atoms with Gasteiger partial charge in [0.2, 0.25) is 17.8 Å². The number of benzene rings is 1. The van der Waals surface area contributed by atoms with E-state index in [1.54, 1.807) is 41.2 Å². The maximum atomic E-state index is 13.0. The molecule has 1 fully saturated rings. The molecule has 1 aliphatic rings. The molecule has 1 aromatic carbocycles. The van der Waals surface area contributed by atoms with Gasteiger partial charge < -0.3 is 9.88 Å². The van der Waals surface area contributed by atoms with E-state index < -0.39 is 0 Å². The third kappa shape index (κ3) is 3.94. The molecule has 0 aliphatic heterocycles. The highest BCUT2D eigenvalue weighted by molar-refractivity contribution is 5.97. The second kappa shape index (κ2) is 8.00. The molecule has 32 heavy (non-hydrogen) atoms. The fourth-order valence-electron chi connectivity index (χ4n) is 3.42. The molecule has 0 saturated heterocycles. The van der Waals surface area contributed by atoms with Gasteiger partial charge in [-0.3, -0.25) is 14.8 Å². The molecule has 1 amide bonds. The van der Waals surface area contributed by atoms with Gasteiger partial charge in [-0.2, -0.15) is 0 Å². The Morgan fingerprint density at radius 2 is 1.94 bits per heavy atom. The lowest BCUT2D eigenvalue weighted by molar-refractivity contribution is -0.904. The Hall–Kier alpha value is -4.44. The molecule has 156 valence electrons. The average molecular weight is 423 g/mol. The number of amides is 1. The number of pyridine rings is 3. The van der Waals surface area contributed by atoms with Crippen molar-refractivity contribution in [3.63, 3.8) is 0 Å². The van der Waals surface area contributed by atoms with Gasteiger partial charge in [0.25, 0.3) is 5.91 Å². The zero-order chi connectivity index (χ0) is 22.1. The van der Waals surface area contributed by atoms with Crippen LogP contribution in [0, 0.1) is 11.8 Å². The molecule has 0 radical (unpaired) electrons. The monoisotopic (exact) mass is 423 g/mol. The highest BCUT2D eigenvalue weighted by Gasteiger charge is 2.26. The summed E-state index contributed by atoms with van der Waals surface area (Å²) in [6.07, 6.45) is 8.07. The van der Waals surface area contributed by atoms with Crippen molar-refractivity contribution in [1.29, 1.82) is 0 Å². The van der Waals surface area contributed by atoms with E-state index in [2.05, 4.69) is 22.1 Å². The van der Waals surface area contributed by atoms with Crippen LogP contribution in [0.25, 0.3) is 16.7 Å². The van der Waals surface area contributed by atoms with Crippen molar-refractivity contribution in [2.75, 3.05) is 0 Å². The Morgan fingerprint density at radius 3 is 2.75 bits per heavy atom. The Balaban J connectivity index is 1.60. The normalized spacial score (nSPS) is 12.8. The van der Waals surface area contributed by atoms with Crippen LogP contribution in [0.5, 0.6) is 0 Å². The lowest BCUT2D eigenvalue weighted by Crippen LogP contribution is -2.31. The van der Waals surface area contributed by atoms with Crippen molar-refractivity contribution in [3.8, 4) is 17.5 Å². The standard InChI is InChI=1S/C25H18N4O3/c30-23-21-7-2-12-26-24(21)29(16-22(23)25(31)27-19-10-11-19)20-6-1-4-17(14-20)8-9-18-5-3-13-28(32)15-18/h1-7,12-16,19H,10-11H2,(H-,27,31,32)/p+1. The van der Waals surface area contributed by atoms with Gasteiger partial charge in [-0.05, 0) is 49.2 Å². The summed E-state index contributed by atoms with van der Waals surface area (Å²) >= 11 is 0. The largest absolute Gasteiger partial charge is 0.349 e. The van der Waals surface area contributed by atoms with Crippen molar-refractivity contribution < 1.29 is 14.7 Å². The Labute approximate surface area is 183 Å². The van der Waals surface area contributed by atoms with Gasteiger partial charge in [0, 0.05) is 40.5 Å². The lowest BCUT2D eigenvalue weighted by Gasteiger charge is -2.13. The molecule has 0 bridgehead atoms. The molecule has 7 heteroatoms. The first-order valence-corrected chi connectivity index (χ1v) is 10.2. The van der Waals surface area contributed by atoms with E-state index in [0.717, 1.165) is 28.8 Å². The summed E-state index contributed by atoms with van der Waals surface area (Å²) in [4.78, 5) is 30.0. The Morgan fingerprint density at radius 1 is 1.12 bits per heavy atom. The summed E-state index contributed by atoms with van der Waals surface area (Å²) in [5.74, 6) is 5.73. The van der Waals surface area contributed by atoms with E-state index in [-0.39, 0.29) is 22.9 Å². The molecular weight excluding hydrogens is 404 g/mol. The van der Waals surface area contributed by atoms with Gasteiger partial charge in [0.05, 0.1) is 10.9 Å². The molecule has 4 aromatic rings. The second-order valence-electron chi connectivity index (χ2n) is 7.64. The summed E-state index contributed by atoms with van der Waals surface area (Å²) in [6, 6.07) is 14.5. The summed E-state index contributed by atoms with van der Waals surface area (Å²) < 4.78 is 2.70. The van der Waals surface area contributed by atoms with Gasteiger partial charge in [-0.15, -0.1) is 0 Å². The van der Waals surface area contributed by atoms with Gasteiger partial charge in [0.15, 0.2) is 0 Å². The molecule has 3 aromatic heterocycles. The fraction of sp³-hybridized carbons (Fsp3) is 0.120. The van der Waals surface area contributed by atoms with Crippen LogP contribution >= 0.6 is 0 Å². The first-order chi connectivity index (χ1) is 15.6. The maximum Gasteiger partial charge on any atom is 0.257 e. The summed E-state index contributed by atoms with van der Waals surface area (Å²) in [6.45, 7) is 0. The van der Waals surface area contributed by atoms with Gasteiger partial charge in [-0.1, -0.05) is 17.9 Å². The van der Waals surface area contributed by atoms with E-state index in [4.69, 9.17) is 0 Å². The van der Waals surface area contributed by atoms with E-state index in [1.807, 2.05) is 24.3 Å². The predicted molar refractivity (Wildman–Crippen MR) is 118 cm³/mol. The Bertz CT molecular complexity index is 1480. The summed E-state index contributed by atoms with van der Waals surface area (Å²) in [5.41, 5.74) is 2.35. The topological polar surface area (TPSA) is 88.1 Å². The highest BCUT2D eigenvalue weighted by atomic mass is 16.5. The Kier molecular flexibility index (Phi) is 4.88. The minimum Gasteiger partial charge on any atom is -0.349 e. The summed E-state index contributed by atoms with van der Waals surface area (Å²) in [5, 5.41) is 12.8. The highest BCUT2D eigenvalue weighted by Crippen LogP contribution is 2.20. The van der Waals surface area contributed by atoms with Crippen LogP contribution in [0.4, 0.5) is 0 Å². The number of rotatable bonds is 3. The fourth-order valence-corrected chi connectivity index (χ4v) is 3.42. The number of fused-ring (bicyclic) bond motifs is 1. The van der Waals surface area contributed by atoms with Crippen LogP contribution < -0.4 is 15.5 Å². The van der Waals surface area contributed by atoms with Crippen molar-refractivity contribution in [2.24, 2.45) is 0 Å². The van der Waals surface area contributed by atoms with Crippen LogP contribution in [-0.2, 0) is 0 Å². The quantitative estimate of drug-likeness (QED) is 0.300. The molecule has 3 heterocycles. The van der Waals surface area contributed by atoms with Gasteiger partial charge in [0.1, 0.15) is 11.2 Å². The molecule has 0 spiro atoms. The predicted octanol–water partition coefficient (Wildman–Crippen LogP) is 2.20. The average Bonchev–Trinajstić information content (AvgIpc) is 3.62. The zero-order valence-corrected chi connectivity index (χ0v) is 17.0. The van der Waals surface area contributed by atoms with Crippen molar-refractivity contribution in [3.05, 3.63) is 100 Å². The van der Waals surface area contributed by atoms with Crippen LogP contribution in [0.15, 0.2) is 78.1 Å². The van der Waals surface area contributed by atoms with Crippen molar-refractivity contribution in [1.82, 2.24) is 14.9 Å². The smallest absolute Gasteiger partial charge is 0.257 e. The first kappa shape index (κ1) is 19.5.